The van der Waals surface area contributed by atoms with Crippen LogP contribution in [0.5, 0.6) is 5.75 Å². The quantitative estimate of drug-likeness (QED) is 0.299. The normalized spacial score (nSPS) is 11.4. The van der Waals surface area contributed by atoms with E-state index >= 15 is 0 Å². The summed E-state index contributed by atoms with van der Waals surface area (Å²) in [6.07, 6.45) is 0. The average molecular weight is 449 g/mol. The highest BCUT2D eigenvalue weighted by atomic mass is 35.5. The highest BCUT2D eigenvalue weighted by molar-refractivity contribution is 6.53. The first-order valence-corrected chi connectivity index (χ1v) is 10.1. The summed E-state index contributed by atoms with van der Waals surface area (Å²) in [7, 11) is 0. The third-order valence-corrected chi connectivity index (χ3v) is 5.02. The fraction of sp³-hybridized carbons (Fsp3) is 0.167. The van der Waals surface area contributed by atoms with Crippen molar-refractivity contribution in [3.8, 4) is 5.75 Å². The van der Waals surface area contributed by atoms with Crippen LogP contribution in [0, 0.1) is 0 Å². The molecule has 3 aromatic carbocycles. The van der Waals surface area contributed by atoms with E-state index in [1.165, 1.54) is 0 Å². The van der Waals surface area contributed by atoms with Gasteiger partial charge >= 0.3 is 0 Å². The molecular formula is C24H24Cl3NO. The largest absolute Gasteiger partial charge is 0.491 e. The van der Waals surface area contributed by atoms with Crippen molar-refractivity contribution in [3.05, 3.63) is 101 Å². The molecule has 0 amide bonds. The second-order valence-electron chi connectivity index (χ2n) is 6.27. The molecule has 152 valence electrons. The van der Waals surface area contributed by atoms with Crippen molar-refractivity contribution in [2.24, 2.45) is 0 Å². The lowest BCUT2D eigenvalue weighted by molar-refractivity contribution is 0.315. The number of halogens is 3. The van der Waals surface area contributed by atoms with E-state index in [0.29, 0.717) is 22.4 Å². The van der Waals surface area contributed by atoms with Crippen molar-refractivity contribution in [2.75, 3.05) is 19.7 Å². The molecule has 0 heterocycles. The monoisotopic (exact) mass is 447 g/mol. The van der Waals surface area contributed by atoms with Crippen molar-refractivity contribution >= 4 is 46.2 Å². The Labute approximate surface area is 188 Å². The Kier molecular flexibility index (Phi) is 9.56. The Bertz CT molecular complexity index is 927. The topological polar surface area (TPSA) is 21.3 Å². The predicted octanol–water partition coefficient (Wildman–Crippen LogP) is 6.91. The van der Waals surface area contributed by atoms with Crippen LogP contribution in [0.15, 0.2) is 78.9 Å². The summed E-state index contributed by atoms with van der Waals surface area (Å²) < 4.78 is 5.78. The minimum atomic E-state index is 0. The van der Waals surface area contributed by atoms with Gasteiger partial charge in [0.2, 0.25) is 0 Å². The molecule has 29 heavy (non-hydrogen) atoms. The summed E-state index contributed by atoms with van der Waals surface area (Å²) >= 11 is 13.4. The van der Waals surface area contributed by atoms with E-state index in [1.807, 2.05) is 66.7 Å². The van der Waals surface area contributed by atoms with Crippen molar-refractivity contribution < 1.29 is 4.74 Å². The molecule has 3 aromatic rings. The van der Waals surface area contributed by atoms with E-state index in [9.17, 15) is 0 Å². The summed E-state index contributed by atoms with van der Waals surface area (Å²) in [4.78, 5) is 0. The van der Waals surface area contributed by atoms with E-state index in [0.717, 1.165) is 35.4 Å². The lowest BCUT2D eigenvalue weighted by atomic mass is 9.95. The predicted molar refractivity (Wildman–Crippen MR) is 127 cm³/mol. The Morgan fingerprint density at radius 2 is 1.48 bits per heavy atom. The molecule has 0 atom stereocenters. The zero-order chi connectivity index (χ0) is 19.8. The summed E-state index contributed by atoms with van der Waals surface area (Å²) in [5, 5.41) is 4.48. The molecular weight excluding hydrogens is 425 g/mol. The third kappa shape index (κ3) is 6.25. The highest BCUT2D eigenvalue weighted by Crippen LogP contribution is 2.37. The SMILES string of the molecule is CCNCCOc1ccc(/C(=C(\Cl)c2ccccc2)c2ccccc2)cc1Cl.Cl. The van der Waals surface area contributed by atoms with Crippen LogP contribution < -0.4 is 10.1 Å². The van der Waals surface area contributed by atoms with E-state index in [2.05, 4.69) is 24.4 Å². The second-order valence-corrected chi connectivity index (χ2v) is 7.05. The molecule has 0 aliphatic heterocycles. The number of benzene rings is 3. The molecule has 0 saturated heterocycles. The van der Waals surface area contributed by atoms with Gasteiger partial charge in [0, 0.05) is 12.1 Å². The Balaban J connectivity index is 0.00000300. The summed E-state index contributed by atoms with van der Waals surface area (Å²) in [6, 6.07) is 25.9. The maximum atomic E-state index is 6.85. The fourth-order valence-corrected chi connectivity index (χ4v) is 3.52. The van der Waals surface area contributed by atoms with Crippen molar-refractivity contribution in [1.82, 2.24) is 5.32 Å². The summed E-state index contributed by atoms with van der Waals surface area (Å²) in [5.74, 6) is 0.673. The molecule has 0 spiro atoms. The lowest BCUT2D eigenvalue weighted by Gasteiger charge is -2.15. The Morgan fingerprint density at radius 3 is 2.07 bits per heavy atom. The third-order valence-electron chi connectivity index (χ3n) is 4.32. The second kappa shape index (κ2) is 11.9. The van der Waals surface area contributed by atoms with Crippen LogP contribution in [-0.2, 0) is 0 Å². The zero-order valence-corrected chi connectivity index (χ0v) is 18.5. The first-order chi connectivity index (χ1) is 13.7. The maximum absolute atomic E-state index is 6.85. The van der Waals surface area contributed by atoms with Crippen LogP contribution in [0.3, 0.4) is 0 Å². The molecule has 0 unspecified atom stereocenters. The molecule has 0 aliphatic rings. The Morgan fingerprint density at radius 1 is 0.862 bits per heavy atom. The van der Waals surface area contributed by atoms with Gasteiger partial charge in [0.25, 0.3) is 0 Å². The molecule has 3 rings (SSSR count). The molecule has 1 N–H and O–H groups in total. The standard InChI is InChI=1S/C24H23Cl2NO.ClH/c1-2-27-15-16-28-22-14-13-20(17-21(22)25)23(18-9-5-3-6-10-18)24(26)19-11-7-4-8-12-19;/h3-14,17,27H,2,15-16H2,1H3;1H/b24-23-;. The number of likely N-dealkylation sites (N-methyl/N-ethyl adjacent to an activating group) is 1. The minimum absolute atomic E-state index is 0. The molecule has 2 nitrogen and oxygen atoms in total. The van der Waals surface area contributed by atoms with Gasteiger partial charge < -0.3 is 10.1 Å². The van der Waals surface area contributed by atoms with Crippen molar-refractivity contribution in [3.63, 3.8) is 0 Å². The smallest absolute Gasteiger partial charge is 0.137 e. The zero-order valence-electron chi connectivity index (χ0n) is 16.2. The van der Waals surface area contributed by atoms with E-state index in [-0.39, 0.29) is 12.4 Å². The number of nitrogens with one attached hydrogen (secondary N) is 1. The lowest BCUT2D eigenvalue weighted by Crippen LogP contribution is -2.20. The van der Waals surface area contributed by atoms with Crippen LogP contribution in [0.1, 0.15) is 23.6 Å². The van der Waals surface area contributed by atoms with Crippen LogP contribution in [0.4, 0.5) is 0 Å². The van der Waals surface area contributed by atoms with Gasteiger partial charge in [0.1, 0.15) is 12.4 Å². The number of hydrogen-bond acceptors (Lipinski definition) is 2. The summed E-state index contributed by atoms with van der Waals surface area (Å²) in [5.41, 5.74) is 3.89. The number of rotatable bonds is 8. The maximum Gasteiger partial charge on any atom is 0.137 e. The van der Waals surface area contributed by atoms with Gasteiger partial charge in [0.15, 0.2) is 0 Å². The highest BCUT2D eigenvalue weighted by Gasteiger charge is 2.14. The first-order valence-electron chi connectivity index (χ1n) is 9.34. The minimum Gasteiger partial charge on any atom is -0.491 e. The van der Waals surface area contributed by atoms with Crippen LogP contribution in [0.2, 0.25) is 5.02 Å². The van der Waals surface area contributed by atoms with Crippen LogP contribution in [0.25, 0.3) is 10.6 Å². The average Bonchev–Trinajstić information content (AvgIpc) is 2.74. The molecule has 5 heteroatoms. The molecule has 0 saturated carbocycles. The van der Waals surface area contributed by atoms with E-state index in [1.54, 1.807) is 0 Å². The van der Waals surface area contributed by atoms with Gasteiger partial charge in [-0.3, -0.25) is 0 Å². The van der Waals surface area contributed by atoms with E-state index < -0.39 is 0 Å². The first kappa shape index (κ1) is 23.3. The van der Waals surface area contributed by atoms with Crippen LogP contribution >= 0.6 is 35.6 Å². The van der Waals surface area contributed by atoms with Gasteiger partial charge in [-0.25, -0.2) is 0 Å². The van der Waals surface area contributed by atoms with E-state index in [4.69, 9.17) is 27.9 Å². The van der Waals surface area contributed by atoms with Crippen molar-refractivity contribution in [2.45, 2.75) is 6.92 Å². The summed E-state index contributed by atoms with van der Waals surface area (Å²) in [6.45, 7) is 4.33. The van der Waals surface area contributed by atoms with Gasteiger partial charge in [-0.2, -0.15) is 0 Å². The molecule has 0 fully saturated rings. The fourth-order valence-electron chi connectivity index (χ4n) is 2.94. The van der Waals surface area contributed by atoms with Crippen molar-refractivity contribution in [1.29, 1.82) is 0 Å². The van der Waals surface area contributed by atoms with Gasteiger partial charge in [0.05, 0.1) is 10.1 Å². The number of ether oxygens (including phenoxy) is 1. The van der Waals surface area contributed by atoms with Gasteiger partial charge in [-0.15, -0.1) is 12.4 Å². The molecule has 0 radical (unpaired) electrons. The molecule has 0 bridgehead atoms. The Hall–Kier alpha value is -1.97. The number of hydrogen-bond donors (Lipinski definition) is 1. The van der Waals surface area contributed by atoms with Gasteiger partial charge in [-0.05, 0) is 35.4 Å². The van der Waals surface area contributed by atoms with Crippen LogP contribution in [-0.4, -0.2) is 19.7 Å². The molecule has 0 aliphatic carbocycles. The molecule has 0 aromatic heterocycles. The van der Waals surface area contributed by atoms with Gasteiger partial charge in [-0.1, -0.05) is 96.9 Å².